The van der Waals surface area contributed by atoms with E-state index >= 15 is 0 Å². The molecule has 4 rings (SSSR count). The van der Waals surface area contributed by atoms with Crippen molar-refractivity contribution in [3.8, 4) is 28.4 Å². The molecule has 8 nitrogen and oxygen atoms in total. The van der Waals surface area contributed by atoms with Gasteiger partial charge in [-0.25, -0.2) is 14.4 Å². The van der Waals surface area contributed by atoms with E-state index < -0.39 is 23.7 Å². The number of fused-ring (bicyclic) bond motifs is 3. The second-order valence-electron chi connectivity index (χ2n) is 10.3. The molecule has 1 aliphatic rings. The molecule has 44 heavy (non-hydrogen) atoms. The summed E-state index contributed by atoms with van der Waals surface area (Å²) >= 11 is 0. The SMILES string of the molecule is C=C(C)C(=O)OCCCOc1ccc2c(c1)C(C)c1cc(OC(=O)c3ccc(OCCCCOC(=O)C(=C)F)cc3)ccc1-2. The summed E-state index contributed by atoms with van der Waals surface area (Å²) < 4.78 is 39.6. The summed E-state index contributed by atoms with van der Waals surface area (Å²) in [6.45, 7) is 11.3. The Bertz CT molecular complexity index is 1540. The first kappa shape index (κ1) is 32.0. The molecule has 0 radical (unpaired) electrons. The van der Waals surface area contributed by atoms with E-state index in [1.165, 1.54) is 0 Å². The van der Waals surface area contributed by atoms with E-state index in [4.69, 9.17) is 18.9 Å². The maximum Gasteiger partial charge on any atom is 0.366 e. The highest BCUT2D eigenvalue weighted by Gasteiger charge is 2.27. The number of ether oxygens (including phenoxy) is 5. The van der Waals surface area contributed by atoms with Crippen molar-refractivity contribution >= 4 is 17.9 Å². The number of halogens is 1. The lowest BCUT2D eigenvalue weighted by atomic mass is 9.99. The van der Waals surface area contributed by atoms with Crippen molar-refractivity contribution < 1.29 is 42.5 Å². The molecule has 0 spiro atoms. The lowest BCUT2D eigenvalue weighted by molar-refractivity contribution is -0.141. The minimum absolute atomic E-state index is 0.0744. The van der Waals surface area contributed by atoms with Crippen LogP contribution in [0.3, 0.4) is 0 Å². The van der Waals surface area contributed by atoms with E-state index in [-0.39, 0.29) is 19.1 Å². The minimum Gasteiger partial charge on any atom is -0.494 e. The molecular formula is C35H35FO8. The van der Waals surface area contributed by atoms with Crippen molar-refractivity contribution in [2.24, 2.45) is 0 Å². The lowest BCUT2D eigenvalue weighted by Gasteiger charge is -2.11. The number of esters is 3. The lowest BCUT2D eigenvalue weighted by Crippen LogP contribution is -2.09. The van der Waals surface area contributed by atoms with Gasteiger partial charge in [0.1, 0.15) is 17.2 Å². The van der Waals surface area contributed by atoms with Crippen LogP contribution in [0, 0.1) is 0 Å². The van der Waals surface area contributed by atoms with Crippen LogP contribution in [-0.2, 0) is 19.1 Å². The van der Waals surface area contributed by atoms with E-state index in [0.717, 1.165) is 28.0 Å². The smallest absolute Gasteiger partial charge is 0.366 e. The molecule has 1 unspecified atom stereocenters. The summed E-state index contributed by atoms with van der Waals surface area (Å²) in [6.07, 6.45) is 1.68. The van der Waals surface area contributed by atoms with E-state index in [9.17, 15) is 18.8 Å². The predicted molar refractivity (Wildman–Crippen MR) is 163 cm³/mol. The molecule has 0 fully saturated rings. The molecule has 230 valence electrons. The summed E-state index contributed by atoms with van der Waals surface area (Å²) in [5.74, 6) is -1.22. The van der Waals surface area contributed by atoms with Crippen molar-refractivity contribution in [2.75, 3.05) is 26.4 Å². The first-order chi connectivity index (χ1) is 21.1. The van der Waals surface area contributed by atoms with Gasteiger partial charge < -0.3 is 23.7 Å². The van der Waals surface area contributed by atoms with Crippen molar-refractivity contribution in [2.45, 2.75) is 39.0 Å². The van der Waals surface area contributed by atoms with Gasteiger partial charge in [-0.15, -0.1) is 0 Å². The van der Waals surface area contributed by atoms with E-state index in [2.05, 4.69) is 24.8 Å². The highest BCUT2D eigenvalue weighted by molar-refractivity contribution is 5.91. The van der Waals surface area contributed by atoms with E-state index in [0.29, 0.717) is 55.1 Å². The molecule has 0 amide bonds. The zero-order chi connectivity index (χ0) is 31.6. The van der Waals surface area contributed by atoms with Crippen LogP contribution in [0.25, 0.3) is 11.1 Å². The zero-order valence-electron chi connectivity index (χ0n) is 24.9. The van der Waals surface area contributed by atoms with Crippen LogP contribution in [0.4, 0.5) is 4.39 Å². The second kappa shape index (κ2) is 15.0. The highest BCUT2D eigenvalue weighted by Crippen LogP contribution is 2.47. The molecule has 3 aromatic carbocycles. The van der Waals surface area contributed by atoms with Crippen molar-refractivity contribution in [3.05, 3.63) is 102 Å². The van der Waals surface area contributed by atoms with Gasteiger partial charge in [-0.3, -0.25) is 0 Å². The van der Waals surface area contributed by atoms with Gasteiger partial charge in [0.15, 0.2) is 0 Å². The van der Waals surface area contributed by atoms with Crippen molar-refractivity contribution in [1.29, 1.82) is 0 Å². The van der Waals surface area contributed by atoms with Crippen LogP contribution in [0.15, 0.2) is 85.2 Å². The average Bonchev–Trinajstić information content (AvgIpc) is 3.28. The Morgan fingerprint density at radius 1 is 0.705 bits per heavy atom. The Kier molecular flexibility index (Phi) is 10.9. The fourth-order valence-electron chi connectivity index (χ4n) is 4.64. The van der Waals surface area contributed by atoms with E-state index in [1.807, 2.05) is 30.3 Å². The summed E-state index contributed by atoms with van der Waals surface area (Å²) in [5.41, 5.74) is 5.12. The van der Waals surface area contributed by atoms with Crippen LogP contribution in [-0.4, -0.2) is 44.3 Å². The van der Waals surface area contributed by atoms with Crippen LogP contribution >= 0.6 is 0 Å². The Labute approximate surface area is 256 Å². The Hall–Kier alpha value is -4.92. The molecule has 0 aliphatic heterocycles. The van der Waals surface area contributed by atoms with Crippen molar-refractivity contribution in [3.63, 3.8) is 0 Å². The normalized spacial score (nSPS) is 12.8. The second-order valence-corrected chi connectivity index (χ2v) is 10.3. The fourth-order valence-corrected chi connectivity index (χ4v) is 4.64. The largest absolute Gasteiger partial charge is 0.494 e. The predicted octanol–water partition coefficient (Wildman–Crippen LogP) is 7.11. The highest BCUT2D eigenvalue weighted by atomic mass is 19.1. The fraction of sp³-hybridized carbons (Fsp3) is 0.286. The quantitative estimate of drug-likeness (QED) is 0.0786. The average molecular weight is 603 g/mol. The van der Waals surface area contributed by atoms with Gasteiger partial charge in [0.25, 0.3) is 0 Å². The number of hydrogen-bond donors (Lipinski definition) is 0. The molecule has 0 bridgehead atoms. The van der Waals surface area contributed by atoms with Crippen molar-refractivity contribution in [1.82, 2.24) is 0 Å². The maximum atomic E-state index is 12.8. The molecule has 3 aromatic rings. The molecule has 0 N–H and O–H groups in total. The van der Waals surface area contributed by atoms with Crippen LogP contribution in [0.2, 0.25) is 0 Å². The molecular weight excluding hydrogens is 567 g/mol. The minimum atomic E-state index is -1.12. The third-order valence-corrected chi connectivity index (χ3v) is 6.97. The third kappa shape index (κ3) is 8.34. The number of benzene rings is 3. The summed E-state index contributed by atoms with van der Waals surface area (Å²) in [5, 5.41) is 0. The van der Waals surface area contributed by atoms with Gasteiger partial charge in [0.2, 0.25) is 5.83 Å². The van der Waals surface area contributed by atoms with Gasteiger partial charge in [-0.05, 0) is 90.6 Å². The van der Waals surface area contributed by atoms with E-state index in [1.54, 1.807) is 37.3 Å². The van der Waals surface area contributed by atoms with Crippen LogP contribution in [0.5, 0.6) is 17.2 Å². The molecule has 1 atom stereocenters. The Balaban J connectivity index is 1.26. The van der Waals surface area contributed by atoms with Gasteiger partial charge in [-0.1, -0.05) is 32.2 Å². The topological polar surface area (TPSA) is 97.4 Å². The summed E-state index contributed by atoms with van der Waals surface area (Å²) in [7, 11) is 0. The number of carbonyl (C=O) groups excluding carboxylic acids is 3. The molecule has 1 aliphatic carbocycles. The Morgan fingerprint density at radius 2 is 1.23 bits per heavy atom. The summed E-state index contributed by atoms with van der Waals surface area (Å²) in [4.78, 5) is 35.3. The maximum absolute atomic E-state index is 12.8. The summed E-state index contributed by atoms with van der Waals surface area (Å²) in [6, 6.07) is 18.2. The number of unbranched alkanes of at least 4 members (excludes halogenated alkanes) is 1. The van der Waals surface area contributed by atoms with Gasteiger partial charge in [0, 0.05) is 17.9 Å². The van der Waals surface area contributed by atoms with Gasteiger partial charge >= 0.3 is 17.9 Å². The molecule has 0 heterocycles. The third-order valence-electron chi connectivity index (χ3n) is 6.97. The Morgan fingerprint density at radius 3 is 1.89 bits per heavy atom. The molecule has 0 saturated carbocycles. The first-order valence-corrected chi connectivity index (χ1v) is 14.3. The number of rotatable bonds is 15. The monoisotopic (exact) mass is 602 g/mol. The number of carbonyl (C=O) groups is 3. The zero-order valence-corrected chi connectivity index (χ0v) is 24.9. The molecule has 9 heteroatoms. The van der Waals surface area contributed by atoms with Crippen LogP contribution in [0.1, 0.15) is 60.5 Å². The van der Waals surface area contributed by atoms with Gasteiger partial charge in [0.05, 0.1) is 32.0 Å². The van der Waals surface area contributed by atoms with Gasteiger partial charge in [-0.2, -0.15) is 4.39 Å². The molecule has 0 aromatic heterocycles. The first-order valence-electron chi connectivity index (χ1n) is 14.3. The standard InChI is InChI=1S/C35H35FO8/c1-22(2)33(37)42-19-7-18-41-27-12-14-29-30-15-13-28(21-32(30)23(3)31(29)20-27)44-35(39)25-8-10-26(11-9-25)40-16-5-6-17-43-34(38)24(4)36/h8-15,20-21,23H,1,4-7,16-19H2,2-3H3. The number of hydrogen-bond acceptors (Lipinski definition) is 8. The molecule has 0 saturated heterocycles. The van der Waals surface area contributed by atoms with Crippen LogP contribution < -0.4 is 14.2 Å².